The molecule has 1 aromatic heterocycles. The maximum atomic E-state index is 5.63. The van der Waals surface area contributed by atoms with Crippen molar-refractivity contribution in [2.75, 3.05) is 25.2 Å². The summed E-state index contributed by atoms with van der Waals surface area (Å²) in [4.78, 5) is 6.63. The quantitative estimate of drug-likeness (QED) is 0.832. The van der Waals surface area contributed by atoms with E-state index in [9.17, 15) is 0 Å². The second-order valence-corrected chi connectivity index (χ2v) is 4.18. The van der Waals surface area contributed by atoms with E-state index < -0.39 is 0 Å². The fourth-order valence-electron chi connectivity index (χ4n) is 2.04. The van der Waals surface area contributed by atoms with Crippen LogP contribution in [0.15, 0.2) is 18.3 Å². The molecule has 4 heteroatoms. The van der Waals surface area contributed by atoms with Crippen LogP contribution in [-0.4, -0.2) is 31.3 Å². The second kappa shape index (κ2) is 5.27. The zero-order chi connectivity index (χ0) is 11.4. The first kappa shape index (κ1) is 11.4. The summed E-state index contributed by atoms with van der Waals surface area (Å²) in [6.07, 6.45) is 3.98. The lowest BCUT2D eigenvalue weighted by Gasteiger charge is -2.32. The summed E-state index contributed by atoms with van der Waals surface area (Å²) in [6, 6.07) is 4.56. The van der Waals surface area contributed by atoms with E-state index in [0.29, 0.717) is 12.6 Å². The number of nitrogens with zero attached hydrogens (tertiary/aromatic N) is 2. The van der Waals surface area contributed by atoms with Crippen LogP contribution in [0.1, 0.15) is 18.4 Å². The molecule has 0 atom stereocenters. The summed E-state index contributed by atoms with van der Waals surface area (Å²) in [5.41, 5.74) is 6.76. The van der Waals surface area contributed by atoms with Crippen LogP contribution in [0.4, 0.5) is 5.82 Å². The topological polar surface area (TPSA) is 51.4 Å². The highest BCUT2D eigenvalue weighted by Crippen LogP contribution is 2.19. The Morgan fingerprint density at radius 1 is 1.50 bits per heavy atom. The van der Waals surface area contributed by atoms with Gasteiger partial charge in [-0.25, -0.2) is 4.98 Å². The van der Waals surface area contributed by atoms with Gasteiger partial charge in [-0.05, 0) is 30.5 Å². The Hall–Kier alpha value is -1.13. The van der Waals surface area contributed by atoms with Gasteiger partial charge in [0.05, 0.1) is 0 Å². The fourth-order valence-corrected chi connectivity index (χ4v) is 2.04. The van der Waals surface area contributed by atoms with Gasteiger partial charge in [0.2, 0.25) is 0 Å². The van der Waals surface area contributed by atoms with Crippen LogP contribution in [0, 0.1) is 0 Å². The SMILES string of the molecule is CN(c1cc(CN)ccn1)C1CCOCC1. The van der Waals surface area contributed by atoms with E-state index >= 15 is 0 Å². The molecule has 0 aromatic carbocycles. The zero-order valence-corrected chi connectivity index (χ0v) is 9.72. The van der Waals surface area contributed by atoms with Gasteiger partial charge in [-0.3, -0.25) is 0 Å². The molecule has 88 valence electrons. The number of nitrogens with two attached hydrogens (primary N) is 1. The van der Waals surface area contributed by atoms with Crippen LogP contribution in [0.5, 0.6) is 0 Å². The average Bonchev–Trinajstić information content (AvgIpc) is 2.39. The fraction of sp³-hybridized carbons (Fsp3) is 0.583. The van der Waals surface area contributed by atoms with Crippen LogP contribution >= 0.6 is 0 Å². The molecule has 0 saturated carbocycles. The first-order valence-corrected chi connectivity index (χ1v) is 5.77. The molecule has 16 heavy (non-hydrogen) atoms. The number of aromatic nitrogens is 1. The number of hydrogen-bond acceptors (Lipinski definition) is 4. The van der Waals surface area contributed by atoms with Gasteiger partial charge in [0.25, 0.3) is 0 Å². The second-order valence-electron chi connectivity index (χ2n) is 4.18. The number of ether oxygens (including phenoxy) is 1. The smallest absolute Gasteiger partial charge is 0.128 e. The van der Waals surface area contributed by atoms with E-state index in [4.69, 9.17) is 10.5 Å². The van der Waals surface area contributed by atoms with Gasteiger partial charge in [-0.2, -0.15) is 0 Å². The number of rotatable bonds is 3. The molecule has 4 nitrogen and oxygen atoms in total. The highest BCUT2D eigenvalue weighted by Gasteiger charge is 2.19. The zero-order valence-electron chi connectivity index (χ0n) is 9.72. The molecule has 0 bridgehead atoms. The summed E-state index contributed by atoms with van der Waals surface area (Å²) in [7, 11) is 2.10. The van der Waals surface area contributed by atoms with E-state index in [0.717, 1.165) is 37.4 Å². The summed E-state index contributed by atoms with van der Waals surface area (Å²) >= 11 is 0. The van der Waals surface area contributed by atoms with Gasteiger partial charge in [-0.15, -0.1) is 0 Å². The number of hydrogen-bond donors (Lipinski definition) is 1. The molecule has 1 saturated heterocycles. The minimum atomic E-state index is 0.536. The van der Waals surface area contributed by atoms with Crippen molar-refractivity contribution in [2.45, 2.75) is 25.4 Å². The average molecular weight is 221 g/mol. The van der Waals surface area contributed by atoms with Gasteiger partial charge in [-0.1, -0.05) is 0 Å². The van der Waals surface area contributed by atoms with E-state index in [1.54, 1.807) is 0 Å². The van der Waals surface area contributed by atoms with Crippen LogP contribution in [0.3, 0.4) is 0 Å². The van der Waals surface area contributed by atoms with E-state index in [-0.39, 0.29) is 0 Å². The molecular weight excluding hydrogens is 202 g/mol. The number of pyridine rings is 1. The minimum absolute atomic E-state index is 0.536. The van der Waals surface area contributed by atoms with Crippen molar-refractivity contribution in [1.82, 2.24) is 4.98 Å². The van der Waals surface area contributed by atoms with E-state index in [1.807, 2.05) is 12.3 Å². The van der Waals surface area contributed by atoms with Crippen molar-refractivity contribution < 1.29 is 4.74 Å². The Kier molecular flexibility index (Phi) is 3.74. The van der Waals surface area contributed by atoms with Crippen LogP contribution < -0.4 is 10.6 Å². The monoisotopic (exact) mass is 221 g/mol. The van der Waals surface area contributed by atoms with Crippen molar-refractivity contribution in [3.05, 3.63) is 23.9 Å². The van der Waals surface area contributed by atoms with Crippen molar-refractivity contribution in [2.24, 2.45) is 5.73 Å². The molecule has 2 heterocycles. The van der Waals surface area contributed by atoms with Crippen LogP contribution in [0.2, 0.25) is 0 Å². The van der Waals surface area contributed by atoms with E-state index in [1.165, 1.54) is 0 Å². The molecule has 1 aliphatic heterocycles. The molecule has 2 rings (SSSR count). The third-order valence-corrected chi connectivity index (χ3v) is 3.15. The Morgan fingerprint density at radius 2 is 2.25 bits per heavy atom. The molecule has 1 fully saturated rings. The first-order chi connectivity index (χ1) is 7.81. The third kappa shape index (κ3) is 2.51. The summed E-state index contributed by atoms with van der Waals surface area (Å²) < 4.78 is 5.36. The van der Waals surface area contributed by atoms with Gasteiger partial charge in [0.15, 0.2) is 0 Å². The highest BCUT2D eigenvalue weighted by atomic mass is 16.5. The van der Waals surface area contributed by atoms with E-state index in [2.05, 4.69) is 23.0 Å². The Morgan fingerprint density at radius 3 is 2.94 bits per heavy atom. The van der Waals surface area contributed by atoms with Crippen molar-refractivity contribution in [3.8, 4) is 0 Å². The molecule has 0 radical (unpaired) electrons. The molecule has 0 amide bonds. The maximum absolute atomic E-state index is 5.63. The molecule has 0 aliphatic carbocycles. The first-order valence-electron chi connectivity index (χ1n) is 5.77. The lowest BCUT2D eigenvalue weighted by atomic mass is 10.1. The highest BCUT2D eigenvalue weighted by molar-refractivity contribution is 5.41. The number of anilines is 1. The molecule has 0 unspecified atom stereocenters. The van der Waals surface area contributed by atoms with Gasteiger partial charge < -0.3 is 15.4 Å². The molecule has 0 spiro atoms. The van der Waals surface area contributed by atoms with Crippen LogP contribution in [0.25, 0.3) is 0 Å². The molecular formula is C12H19N3O. The predicted octanol–water partition coefficient (Wildman–Crippen LogP) is 1.16. The largest absolute Gasteiger partial charge is 0.381 e. The summed E-state index contributed by atoms with van der Waals surface area (Å²) in [5.74, 6) is 1.01. The Bertz CT molecular complexity index is 337. The molecule has 2 N–H and O–H groups in total. The van der Waals surface area contributed by atoms with Crippen LogP contribution in [-0.2, 0) is 11.3 Å². The van der Waals surface area contributed by atoms with Gasteiger partial charge in [0.1, 0.15) is 5.82 Å². The van der Waals surface area contributed by atoms with Crippen molar-refractivity contribution >= 4 is 5.82 Å². The summed E-state index contributed by atoms with van der Waals surface area (Å²) in [6.45, 7) is 2.27. The van der Waals surface area contributed by atoms with Gasteiger partial charge >= 0.3 is 0 Å². The third-order valence-electron chi connectivity index (χ3n) is 3.15. The van der Waals surface area contributed by atoms with Crippen molar-refractivity contribution in [1.29, 1.82) is 0 Å². The molecule has 1 aliphatic rings. The molecule has 1 aromatic rings. The van der Waals surface area contributed by atoms with Crippen molar-refractivity contribution in [3.63, 3.8) is 0 Å². The lowest BCUT2D eigenvalue weighted by molar-refractivity contribution is 0.0853. The lowest BCUT2D eigenvalue weighted by Crippen LogP contribution is -2.37. The standard InChI is InChI=1S/C12H19N3O/c1-15(11-3-6-16-7-4-11)12-8-10(9-13)2-5-14-12/h2,5,8,11H,3-4,6-7,9,13H2,1H3. The summed E-state index contributed by atoms with van der Waals surface area (Å²) in [5, 5.41) is 0. The Balaban J connectivity index is 2.09. The van der Waals surface area contributed by atoms with Gasteiger partial charge in [0, 0.05) is 39.0 Å². The Labute approximate surface area is 96.4 Å². The normalized spacial score (nSPS) is 17.4. The predicted molar refractivity (Wildman–Crippen MR) is 64.4 cm³/mol. The minimum Gasteiger partial charge on any atom is -0.381 e. The maximum Gasteiger partial charge on any atom is 0.128 e.